The molecule has 7 heteroatoms. The summed E-state index contributed by atoms with van der Waals surface area (Å²) < 4.78 is 19.6. The van der Waals surface area contributed by atoms with E-state index in [0.717, 1.165) is 30.2 Å². The van der Waals surface area contributed by atoms with Gasteiger partial charge in [0.05, 0.1) is 23.9 Å². The van der Waals surface area contributed by atoms with E-state index in [2.05, 4.69) is 22.9 Å². The topological polar surface area (TPSA) is 69.5 Å². The van der Waals surface area contributed by atoms with Gasteiger partial charge < -0.3 is 14.5 Å². The zero-order valence-electron chi connectivity index (χ0n) is 18.6. The number of methoxy groups -OCH3 is 1. The Morgan fingerprint density at radius 2 is 2.06 bits per heavy atom. The molecule has 0 spiro atoms. The van der Waals surface area contributed by atoms with E-state index >= 15 is 0 Å². The highest BCUT2D eigenvalue weighted by Gasteiger charge is 2.54. The van der Waals surface area contributed by atoms with Gasteiger partial charge in [-0.25, -0.2) is 9.37 Å². The van der Waals surface area contributed by atoms with Crippen LogP contribution >= 0.6 is 0 Å². The van der Waals surface area contributed by atoms with E-state index in [-0.39, 0.29) is 28.8 Å². The zero-order chi connectivity index (χ0) is 22.5. The summed E-state index contributed by atoms with van der Waals surface area (Å²) in [7, 11) is 1.47. The lowest BCUT2D eigenvalue weighted by atomic mass is 9.81. The van der Waals surface area contributed by atoms with Crippen molar-refractivity contribution in [2.75, 3.05) is 31.6 Å². The molecule has 1 aromatic carbocycles. The van der Waals surface area contributed by atoms with Crippen molar-refractivity contribution >= 4 is 11.7 Å². The second-order valence-electron chi connectivity index (χ2n) is 9.03. The second kappa shape index (κ2) is 7.52. The van der Waals surface area contributed by atoms with Crippen LogP contribution in [-0.4, -0.2) is 48.6 Å². The summed E-state index contributed by atoms with van der Waals surface area (Å²) in [5.74, 6) is 0.668. The molecule has 6 nitrogen and oxygen atoms in total. The van der Waals surface area contributed by atoms with Crippen LogP contribution in [0, 0.1) is 42.3 Å². The molecule has 2 aromatic rings. The number of fused-ring (bicyclic) bond motifs is 1. The molecule has 3 atom stereocenters. The number of ether oxygens (including phenoxy) is 1. The van der Waals surface area contributed by atoms with Crippen molar-refractivity contribution in [1.82, 2.24) is 9.88 Å². The Hall–Kier alpha value is -3.14. The van der Waals surface area contributed by atoms with Crippen molar-refractivity contribution in [1.29, 1.82) is 5.26 Å². The van der Waals surface area contributed by atoms with E-state index in [1.165, 1.54) is 19.2 Å². The number of nitriles is 1. The van der Waals surface area contributed by atoms with E-state index < -0.39 is 5.82 Å². The molecule has 0 aliphatic carbocycles. The van der Waals surface area contributed by atoms with Gasteiger partial charge in [0.1, 0.15) is 23.5 Å². The van der Waals surface area contributed by atoms with Gasteiger partial charge in [-0.05, 0) is 44.5 Å². The smallest absolute Gasteiger partial charge is 0.257 e. The number of anilines is 1. The fraction of sp³-hybridized carbons (Fsp3) is 0.458. The summed E-state index contributed by atoms with van der Waals surface area (Å²) >= 11 is 0. The van der Waals surface area contributed by atoms with Crippen molar-refractivity contribution in [3.8, 4) is 11.8 Å². The summed E-state index contributed by atoms with van der Waals surface area (Å²) in [6.07, 6.45) is 0. The molecule has 1 amide bonds. The predicted molar refractivity (Wildman–Crippen MR) is 116 cm³/mol. The minimum absolute atomic E-state index is 0.0235. The van der Waals surface area contributed by atoms with Gasteiger partial charge in [0, 0.05) is 43.1 Å². The van der Waals surface area contributed by atoms with Crippen molar-refractivity contribution in [2.24, 2.45) is 11.3 Å². The van der Waals surface area contributed by atoms with Gasteiger partial charge in [-0.15, -0.1) is 0 Å². The van der Waals surface area contributed by atoms with Crippen LogP contribution in [0.5, 0.6) is 5.75 Å². The first-order valence-electron chi connectivity index (χ1n) is 10.5. The Kier molecular flexibility index (Phi) is 5.12. The first-order chi connectivity index (χ1) is 14.7. The van der Waals surface area contributed by atoms with Gasteiger partial charge in [-0.3, -0.25) is 4.79 Å². The molecule has 31 heavy (non-hydrogen) atoms. The molecule has 2 saturated heterocycles. The molecule has 2 aliphatic rings. The summed E-state index contributed by atoms with van der Waals surface area (Å²) in [4.78, 5) is 21.9. The molecule has 0 bridgehead atoms. The van der Waals surface area contributed by atoms with Crippen LogP contribution in [0.25, 0.3) is 0 Å². The van der Waals surface area contributed by atoms with Gasteiger partial charge >= 0.3 is 0 Å². The summed E-state index contributed by atoms with van der Waals surface area (Å²) in [5.41, 5.74) is 2.25. The number of aromatic nitrogens is 1. The SMILES string of the molecule is COc1ccc(C(=O)N2C[C@@]3(C)CN(c4cc(C)c(C#N)c(C)n4)C[C@H]3[C@@H]2C)c(F)c1. The van der Waals surface area contributed by atoms with Gasteiger partial charge in [0.25, 0.3) is 5.91 Å². The lowest BCUT2D eigenvalue weighted by Crippen LogP contribution is -2.40. The number of hydrogen-bond acceptors (Lipinski definition) is 5. The Balaban J connectivity index is 1.56. The second-order valence-corrected chi connectivity index (χ2v) is 9.03. The van der Waals surface area contributed by atoms with E-state index in [1.54, 1.807) is 11.0 Å². The molecular weight excluding hydrogens is 395 g/mol. The number of halogens is 1. The molecule has 1 aromatic heterocycles. The van der Waals surface area contributed by atoms with E-state index in [1.807, 2.05) is 26.8 Å². The third kappa shape index (κ3) is 3.40. The average molecular weight is 423 g/mol. The molecular formula is C24H27FN4O2. The maximum absolute atomic E-state index is 14.5. The van der Waals surface area contributed by atoms with Crippen LogP contribution in [0.4, 0.5) is 10.2 Å². The average Bonchev–Trinajstić information content (AvgIpc) is 3.19. The number of hydrogen-bond donors (Lipinski definition) is 0. The van der Waals surface area contributed by atoms with Crippen molar-refractivity contribution in [3.63, 3.8) is 0 Å². The number of pyridine rings is 1. The fourth-order valence-electron chi connectivity index (χ4n) is 5.25. The summed E-state index contributed by atoms with van der Waals surface area (Å²) in [6, 6.07) is 8.52. The maximum Gasteiger partial charge on any atom is 0.257 e. The standard InChI is InChI=1S/C24H27FN4O2/c1-14-8-22(27-15(2)19(14)10-26)28-11-20-16(3)29(13-24(20,4)12-28)23(30)18-7-6-17(31-5)9-21(18)25/h6-9,16,20H,11-13H2,1-5H3/t16-,20-,24+/m0/s1. The highest BCUT2D eigenvalue weighted by atomic mass is 19.1. The lowest BCUT2D eigenvalue weighted by molar-refractivity contribution is 0.0720. The minimum atomic E-state index is -0.562. The molecule has 2 aliphatic heterocycles. The zero-order valence-corrected chi connectivity index (χ0v) is 18.6. The molecule has 0 saturated carbocycles. The van der Waals surface area contributed by atoms with E-state index in [9.17, 15) is 14.4 Å². The van der Waals surface area contributed by atoms with Gasteiger partial charge in [0.2, 0.25) is 0 Å². The normalized spacial score (nSPS) is 24.8. The highest BCUT2D eigenvalue weighted by Crippen LogP contribution is 2.47. The minimum Gasteiger partial charge on any atom is -0.497 e. The fourth-order valence-corrected chi connectivity index (χ4v) is 5.25. The van der Waals surface area contributed by atoms with Gasteiger partial charge in [0.15, 0.2) is 0 Å². The molecule has 162 valence electrons. The molecule has 3 heterocycles. The Morgan fingerprint density at radius 1 is 1.32 bits per heavy atom. The predicted octanol–water partition coefficient (Wildman–Crippen LogP) is 3.70. The van der Waals surface area contributed by atoms with Crippen LogP contribution in [-0.2, 0) is 0 Å². The number of carbonyl (C=O) groups excluding carboxylic acids is 1. The molecule has 0 radical (unpaired) electrons. The lowest BCUT2D eigenvalue weighted by Gasteiger charge is -2.28. The van der Waals surface area contributed by atoms with Crippen LogP contribution in [0.1, 0.15) is 41.0 Å². The number of rotatable bonds is 3. The quantitative estimate of drug-likeness (QED) is 0.754. The number of likely N-dealkylation sites (tertiary alicyclic amines) is 1. The molecule has 4 rings (SSSR count). The third-order valence-corrected chi connectivity index (χ3v) is 6.96. The van der Waals surface area contributed by atoms with Crippen LogP contribution in [0.15, 0.2) is 24.3 Å². The van der Waals surface area contributed by atoms with Crippen LogP contribution in [0.3, 0.4) is 0 Å². The summed E-state index contributed by atoms with van der Waals surface area (Å²) in [5, 5.41) is 9.31. The monoisotopic (exact) mass is 422 g/mol. The Bertz CT molecular complexity index is 1070. The largest absolute Gasteiger partial charge is 0.497 e. The Morgan fingerprint density at radius 3 is 2.65 bits per heavy atom. The van der Waals surface area contributed by atoms with Gasteiger partial charge in [-0.1, -0.05) is 6.92 Å². The molecule has 2 fully saturated rings. The number of amides is 1. The number of carbonyl (C=O) groups is 1. The summed E-state index contributed by atoms with van der Waals surface area (Å²) in [6.45, 7) is 10.1. The van der Waals surface area contributed by atoms with Crippen molar-refractivity contribution < 1.29 is 13.9 Å². The maximum atomic E-state index is 14.5. The third-order valence-electron chi connectivity index (χ3n) is 6.96. The molecule has 0 unspecified atom stereocenters. The number of nitrogens with zero attached hydrogens (tertiary/aromatic N) is 4. The number of benzene rings is 1. The number of aryl methyl sites for hydroxylation is 2. The first-order valence-corrected chi connectivity index (χ1v) is 10.5. The molecule has 0 N–H and O–H groups in total. The van der Waals surface area contributed by atoms with E-state index in [4.69, 9.17) is 4.74 Å². The Labute approximate surface area is 182 Å². The van der Waals surface area contributed by atoms with Gasteiger partial charge in [-0.2, -0.15) is 5.26 Å². The first kappa shape index (κ1) is 21.1. The van der Waals surface area contributed by atoms with Crippen molar-refractivity contribution in [2.45, 2.75) is 33.7 Å². The van der Waals surface area contributed by atoms with E-state index in [0.29, 0.717) is 17.9 Å². The van der Waals surface area contributed by atoms with Crippen LogP contribution < -0.4 is 9.64 Å². The van der Waals surface area contributed by atoms with Crippen molar-refractivity contribution in [3.05, 3.63) is 52.5 Å². The highest BCUT2D eigenvalue weighted by molar-refractivity contribution is 5.95. The van der Waals surface area contributed by atoms with Crippen LogP contribution in [0.2, 0.25) is 0 Å².